The quantitative estimate of drug-likeness (QED) is 0.260. The molecule has 1 rings (SSSR count). The average Bonchev–Trinajstić information content (AvgIpc) is 2.43. The summed E-state index contributed by atoms with van der Waals surface area (Å²) in [5, 5.41) is 11.4. The molecule has 0 fully saturated rings. The largest absolute Gasteiger partial charge is 0.459 e. The van der Waals surface area contributed by atoms with Gasteiger partial charge in [0.05, 0.1) is 10.5 Å². The molecule has 1 unspecified atom stereocenters. The Bertz CT molecular complexity index is 752. The van der Waals surface area contributed by atoms with Gasteiger partial charge >= 0.3 is 5.97 Å². The predicted molar refractivity (Wildman–Crippen MR) is 96.1 cm³/mol. The molecule has 142 valence electrons. The van der Waals surface area contributed by atoms with Gasteiger partial charge in [0, 0.05) is 6.07 Å². The summed E-state index contributed by atoms with van der Waals surface area (Å²) in [7, 11) is 0. The maximum absolute atomic E-state index is 12.8. The van der Waals surface area contributed by atoms with Gasteiger partial charge in [0.2, 0.25) is 0 Å². The van der Waals surface area contributed by atoms with Crippen LogP contribution >= 0.6 is 0 Å². The van der Waals surface area contributed by atoms with Crippen LogP contribution in [-0.4, -0.2) is 28.1 Å². The zero-order chi connectivity index (χ0) is 20.4. The summed E-state index contributed by atoms with van der Waals surface area (Å²) < 4.78 is 5.13. The van der Waals surface area contributed by atoms with E-state index in [1.165, 1.54) is 12.1 Å². The van der Waals surface area contributed by atoms with Crippen LogP contribution in [0.3, 0.4) is 0 Å². The van der Waals surface area contributed by atoms with Gasteiger partial charge in [-0.3, -0.25) is 24.5 Å². The molecule has 0 saturated heterocycles. The monoisotopic (exact) mass is 363 g/mol. The first kappa shape index (κ1) is 21.5. The third kappa shape index (κ3) is 5.21. The number of benzene rings is 1. The van der Waals surface area contributed by atoms with Gasteiger partial charge in [-0.25, -0.2) is 0 Å². The van der Waals surface area contributed by atoms with E-state index in [-0.39, 0.29) is 11.0 Å². The second kappa shape index (κ2) is 7.35. The molecule has 0 heterocycles. The standard InChI is InChI=1S/C19H25NO6/c1-11(21)15(17(23)26-19(5,6)7)16(22)13-9-8-12(18(2,3)4)10-14(13)20(24)25/h8-10,15H,1-7H3. The summed E-state index contributed by atoms with van der Waals surface area (Å²) in [6.07, 6.45) is 0. The van der Waals surface area contributed by atoms with E-state index in [0.29, 0.717) is 5.56 Å². The molecule has 0 aromatic heterocycles. The van der Waals surface area contributed by atoms with E-state index in [1.807, 2.05) is 20.8 Å². The van der Waals surface area contributed by atoms with Crippen molar-refractivity contribution < 1.29 is 24.0 Å². The van der Waals surface area contributed by atoms with E-state index in [0.717, 1.165) is 6.92 Å². The number of hydrogen-bond acceptors (Lipinski definition) is 6. The first-order valence-corrected chi connectivity index (χ1v) is 8.21. The summed E-state index contributed by atoms with van der Waals surface area (Å²) in [5.41, 5.74) is -1.31. The number of nitro groups is 1. The van der Waals surface area contributed by atoms with Crippen molar-refractivity contribution in [2.45, 2.75) is 59.5 Å². The molecule has 0 radical (unpaired) electrons. The van der Waals surface area contributed by atoms with Gasteiger partial charge in [0.1, 0.15) is 5.60 Å². The molecule has 26 heavy (non-hydrogen) atoms. The number of nitro benzene ring substituents is 1. The Morgan fingerprint density at radius 1 is 1.08 bits per heavy atom. The third-order valence-electron chi connectivity index (χ3n) is 3.64. The Morgan fingerprint density at radius 2 is 1.62 bits per heavy atom. The van der Waals surface area contributed by atoms with E-state index in [2.05, 4.69) is 0 Å². The number of ketones is 2. The van der Waals surface area contributed by atoms with Crippen LogP contribution in [0.25, 0.3) is 0 Å². The highest BCUT2D eigenvalue weighted by atomic mass is 16.6. The lowest BCUT2D eigenvalue weighted by atomic mass is 9.84. The lowest BCUT2D eigenvalue weighted by molar-refractivity contribution is -0.385. The van der Waals surface area contributed by atoms with E-state index in [9.17, 15) is 24.5 Å². The summed E-state index contributed by atoms with van der Waals surface area (Å²) in [5.74, 6) is -4.39. The van der Waals surface area contributed by atoms with Gasteiger partial charge in [-0.15, -0.1) is 0 Å². The second-order valence-corrected chi connectivity index (χ2v) is 8.18. The molecule has 0 saturated carbocycles. The Balaban J connectivity index is 3.42. The van der Waals surface area contributed by atoms with Crippen molar-refractivity contribution in [2.75, 3.05) is 0 Å². The molecule has 0 amide bonds. The highest BCUT2D eigenvalue weighted by Crippen LogP contribution is 2.30. The van der Waals surface area contributed by atoms with Gasteiger partial charge in [-0.1, -0.05) is 26.8 Å². The number of rotatable bonds is 5. The van der Waals surface area contributed by atoms with Crippen LogP contribution in [0.4, 0.5) is 5.69 Å². The Labute approximate surface area is 152 Å². The van der Waals surface area contributed by atoms with Crippen molar-refractivity contribution in [1.29, 1.82) is 0 Å². The van der Waals surface area contributed by atoms with Crippen LogP contribution in [0.2, 0.25) is 0 Å². The van der Waals surface area contributed by atoms with Crippen LogP contribution in [0, 0.1) is 16.0 Å². The van der Waals surface area contributed by atoms with Crippen molar-refractivity contribution >= 4 is 23.2 Å². The summed E-state index contributed by atoms with van der Waals surface area (Å²) in [4.78, 5) is 47.7. The maximum Gasteiger partial charge on any atom is 0.325 e. The van der Waals surface area contributed by atoms with Gasteiger partial charge in [-0.2, -0.15) is 0 Å². The number of Topliss-reactive ketones (excluding diaryl/α,β-unsaturated/α-hetero) is 2. The number of ether oxygens (including phenoxy) is 1. The topological polar surface area (TPSA) is 104 Å². The predicted octanol–water partition coefficient (Wildman–Crippen LogP) is 3.62. The van der Waals surface area contributed by atoms with Gasteiger partial charge < -0.3 is 4.74 Å². The summed E-state index contributed by atoms with van der Waals surface area (Å²) in [6.45, 7) is 11.5. The van der Waals surface area contributed by atoms with Gasteiger partial charge in [0.15, 0.2) is 17.5 Å². The third-order valence-corrected chi connectivity index (χ3v) is 3.64. The molecule has 0 aliphatic carbocycles. The minimum atomic E-state index is -1.73. The zero-order valence-electron chi connectivity index (χ0n) is 16.2. The smallest absolute Gasteiger partial charge is 0.325 e. The van der Waals surface area contributed by atoms with Crippen molar-refractivity contribution in [3.8, 4) is 0 Å². The molecule has 1 atom stereocenters. The van der Waals surface area contributed by atoms with Crippen LogP contribution < -0.4 is 0 Å². The van der Waals surface area contributed by atoms with Crippen molar-refractivity contribution in [3.05, 3.63) is 39.4 Å². The molecule has 0 N–H and O–H groups in total. The number of carbonyl (C=O) groups excluding carboxylic acids is 3. The van der Waals surface area contributed by atoms with Crippen molar-refractivity contribution in [1.82, 2.24) is 0 Å². The van der Waals surface area contributed by atoms with Gasteiger partial charge in [0.25, 0.3) is 5.69 Å². The molecule has 0 aliphatic rings. The fourth-order valence-corrected chi connectivity index (χ4v) is 2.33. The molecule has 0 aliphatic heterocycles. The molecule has 0 bridgehead atoms. The lowest BCUT2D eigenvalue weighted by Gasteiger charge is -2.23. The van der Waals surface area contributed by atoms with E-state index in [4.69, 9.17) is 4.74 Å². The Kier molecular flexibility index (Phi) is 6.07. The molecule has 0 spiro atoms. The molecular weight excluding hydrogens is 338 g/mol. The Hall–Kier alpha value is -2.57. The van der Waals surface area contributed by atoms with Crippen LogP contribution in [0.15, 0.2) is 18.2 Å². The number of esters is 1. The fourth-order valence-electron chi connectivity index (χ4n) is 2.33. The maximum atomic E-state index is 12.8. The van der Waals surface area contributed by atoms with E-state index < -0.39 is 39.7 Å². The van der Waals surface area contributed by atoms with Crippen molar-refractivity contribution in [3.63, 3.8) is 0 Å². The van der Waals surface area contributed by atoms with Crippen LogP contribution in [0.1, 0.15) is 64.4 Å². The van der Waals surface area contributed by atoms with Crippen molar-refractivity contribution in [2.24, 2.45) is 5.92 Å². The van der Waals surface area contributed by atoms with Gasteiger partial charge in [-0.05, 0) is 44.7 Å². The molecule has 1 aromatic carbocycles. The van der Waals surface area contributed by atoms with E-state index in [1.54, 1.807) is 26.8 Å². The minimum absolute atomic E-state index is 0.283. The summed E-state index contributed by atoms with van der Waals surface area (Å²) in [6, 6.07) is 4.19. The SMILES string of the molecule is CC(=O)C(C(=O)OC(C)(C)C)C(=O)c1ccc(C(C)(C)C)cc1[N+](=O)[O-]. The van der Waals surface area contributed by atoms with E-state index >= 15 is 0 Å². The molecule has 7 nitrogen and oxygen atoms in total. The lowest BCUT2D eigenvalue weighted by Crippen LogP contribution is -2.37. The summed E-state index contributed by atoms with van der Waals surface area (Å²) >= 11 is 0. The fraction of sp³-hybridized carbons (Fsp3) is 0.526. The van der Waals surface area contributed by atoms with Crippen LogP contribution in [0.5, 0.6) is 0 Å². The highest BCUT2D eigenvalue weighted by Gasteiger charge is 2.38. The molecule has 1 aromatic rings. The molecule has 7 heteroatoms. The first-order chi connectivity index (χ1) is 11.6. The normalized spacial score (nSPS) is 13.0. The Morgan fingerprint density at radius 3 is 2.00 bits per heavy atom. The second-order valence-electron chi connectivity index (χ2n) is 8.18. The zero-order valence-corrected chi connectivity index (χ0v) is 16.2. The number of carbonyl (C=O) groups is 3. The number of nitrogens with zero attached hydrogens (tertiary/aromatic N) is 1. The first-order valence-electron chi connectivity index (χ1n) is 8.21. The molecular formula is C19H25NO6. The van der Waals surface area contributed by atoms with Crippen LogP contribution in [-0.2, 0) is 19.7 Å². The average molecular weight is 363 g/mol. The highest BCUT2D eigenvalue weighted by molar-refractivity contribution is 6.23. The minimum Gasteiger partial charge on any atom is -0.459 e. The number of hydrogen-bond donors (Lipinski definition) is 0.